The Kier molecular flexibility index (Phi) is 7.43. The average molecular weight is 759 g/mol. The highest BCUT2D eigenvalue weighted by Crippen LogP contribution is 2.51. The molecule has 2 aliphatic heterocycles. The van der Waals surface area contributed by atoms with Gasteiger partial charge in [0, 0.05) is 39.7 Å². The zero-order valence-corrected chi connectivity index (χ0v) is 33.0. The van der Waals surface area contributed by atoms with Crippen molar-refractivity contribution in [2.45, 2.75) is 37.3 Å². The van der Waals surface area contributed by atoms with E-state index < -0.39 is 0 Å². The molecule has 8 aromatic rings. The third-order valence-electron chi connectivity index (χ3n) is 13.2. The molecule has 7 aromatic carbocycles. The molecule has 0 fully saturated rings. The summed E-state index contributed by atoms with van der Waals surface area (Å²) in [7, 11) is 0. The third-order valence-corrected chi connectivity index (χ3v) is 13.2. The van der Waals surface area contributed by atoms with Gasteiger partial charge in [0.05, 0.1) is 23.1 Å². The van der Waals surface area contributed by atoms with Crippen molar-refractivity contribution in [3.8, 4) is 22.3 Å². The minimum absolute atomic E-state index is 0.123. The molecule has 0 radical (unpaired) electrons. The van der Waals surface area contributed by atoms with Gasteiger partial charge in [0.2, 0.25) is 5.96 Å². The number of rotatable bonds is 4. The van der Waals surface area contributed by atoms with Gasteiger partial charge in [-0.1, -0.05) is 153 Å². The van der Waals surface area contributed by atoms with Crippen LogP contribution in [-0.4, -0.2) is 16.6 Å². The minimum Gasteiger partial charge on any atom is -0.333 e. The van der Waals surface area contributed by atoms with E-state index in [1.165, 1.54) is 77.8 Å². The van der Waals surface area contributed by atoms with Crippen LogP contribution in [0.1, 0.15) is 53.6 Å². The Bertz CT molecular complexity index is 3130. The fourth-order valence-corrected chi connectivity index (χ4v) is 10.3. The van der Waals surface area contributed by atoms with E-state index in [2.05, 4.69) is 223 Å². The number of benzene rings is 7. The number of hydrogen-bond acceptors (Lipinski definition) is 3. The van der Waals surface area contributed by atoms with E-state index in [0.29, 0.717) is 0 Å². The van der Waals surface area contributed by atoms with E-state index >= 15 is 0 Å². The van der Waals surface area contributed by atoms with Crippen molar-refractivity contribution in [3.05, 3.63) is 222 Å². The number of aromatic nitrogens is 1. The zero-order valence-electron chi connectivity index (χ0n) is 33.0. The summed E-state index contributed by atoms with van der Waals surface area (Å²) in [6.07, 6.45) is 11.4. The number of allylic oxidation sites excluding steroid dienone is 2. The Hall–Kier alpha value is -7.17. The van der Waals surface area contributed by atoms with Crippen molar-refractivity contribution < 1.29 is 0 Å². The van der Waals surface area contributed by atoms with Crippen molar-refractivity contribution in [2.75, 3.05) is 4.90 Å². The van der Waals surface area contributed by atoms with Crippen molar-refractivity contribution >= 4 is 44.7 Å². The van der Waals surface area contributed by atoms with Crippen molar-refractivity contribution in [2.24, 2.45) is 4.99 Å². The molecule has 4 nitrogen and oxygen atoms in total. The van der Waals surface area contributed by atoms with E-state index in [4.69, 9.17) is 4.99 Å². The Morgan fingerprint density at radius 2 is 1.31 bits per heavy atom. The first kappa shape index (κ1) is 33.9. The zero-order chi connectivity index (χ0) is 39.2. The van der Waals surface area contributed by atoms with Crippen LogP contribution in [0, 0.1) is 0 Å². The number of aliphatic imine (C=N–C) groups is 1. The van der Waals surface area contributed by atoms with Gasteiger partial charge >= 0.3 is 0 Å². The number of fused-ring (bicyclic) bond motifs is 9. The molecule has 1 aromatic heterocycles. The number of hydrogen-bond donors (Lipinski definition) is 1. The molecule has 3 unspecified atom stereocenters. The van der Waals surface area contributed by atoms with Gasteiger partial charge in [-0.25, -0.2) is 4.99 Å². The van der Waals surface area contributed by atoms with Crippen molar-refractivity contribution in [1.29, 1.82) is 0 Å². The van der Waals surface area contributed by atoms with Gasteiger partial charge in [-0.05, 0) is 104 Å². The first-order valence-electron chi connectivity index (χ1n) is 20.7. The van der Waals surface area contributed by atoms with Gasteiger partial charge in [-0.15, -0.1) is 0 Å². The molecule has 0 saturated heterocycles. The standard InChI is InChI=1S/C55H42N4/c1-55(2)47-33-38(35-13-5-3-6-14-35)21-25-41(47)42-26-22-39(34-48(42)55)49-29-30-56-54(57-49)59-51-20-12-10-18-44(51)46-32-37(24-28-53(46)59)36-23-27-52-45(31-36)43-17-9-11-19-50(43)58(52)40-15-7-4-8-16-40/h3-34,45,49,52H,1-2H3,(H,56,57). The highest BCUT2D eigenvalue weighted by Gasteiger charge is 2.39. The molecule has 1 N–H and O–H groups in total. The van der Waals surface area contributed by atoms with Crippen LogP contribution in [0.4, 0.5) is 11.4 Å². The van der Waals surface area contributed by atoms with Crippen LogP contribution in [0.25, 0.3) is 49.6 Å². The summed E-state index contributed by atoms with van der Waals surface area (Å²) >= 11 is 0. The first-order valence-corrected chi connectivity index (χ1v) is 20.7. The second kappa shape index (κ2) is 12.9. The molecule has 3 atom stereocenters. The highest BCUT2D eigenvalue weighted by atomic mass is 15.2. The summed E-state index contributed by atoms with van der Waals surface area (Å²) in [5, 5.41) is 5.98. The quantitative estimate of drug-likeness (QED) is 0.194. The second-order valence-corrected chi connectivity index (χ2v) is 16.8. The highest BCUT2D eigenvalue weighted by molar-refractivity contribution is 6.14. The molecule has 0 amide bonds. The number of nitrogens with one attached hydrogen (secondary N) is 1. The Morgan fingerprint density at radius 1 is 0.593 bits per heavy atom. The molecule has 0 bridgehead atoms. The maximum absolute atomic E-state index is 5.43. The monoisotopic (exact) mass is 758 g/mol. The smallest absolute Gasteiger partial charge is 0.208 e. The van der Waals surface area contributed by atoms with Crippen LogP contribution in [0.15, 0.2) is 199 Å². The number of anilines is 2. The lowest BCUT2D eigenvalue weighted by Crippen LogP contribution is -2.29. The van der Waals surface area contributed by atoms with Gasteiger partial charge in [0.15, 0.2) is 0 Å². The number of para-hydroxylation sites is 3. The van der Waals surface area contributed by atoms with E-state index in [-0.39, 0.29) is 23.4 Å². The maximum atomic E-state index is 5.43. The molecular formula is C55H42N4. The van der Waals surface area contributed by atoms with Crippen LogP contribution >= 0.6 is 0 Å². The van der Waals surface area contributed by atoms with E-state index in [1.54, 1.807) is 0 Å². The predicted molar refractivity (Wildman–Crippen MR) is 245 cm³/mol. The second-order valence-electron chi connectivity index (χ2n) is 16.8. The minimum atomic E-state index is -0.133. The molecule has 12 rings (SSSR count). The molecule has 0 saturated carbocycles. The van der Waals surface area contributed by atoms with Crippen molar-refractivity contribution in [1.82, 2.24) is 9.88 Å². The molecule has 59 heavy (non-hydrogen) atoms. The first-order chi connectivity index (χ1) is 29.0. The largest absolute Gasteiger partial charge is 0.333 e. The Labute approximate surface area is 344 Å². The maximum Gasteiger partial charge on any atom is 0.208 e. The summed E-state index contributed by atoms with van der Waals surface area (Å²) in [6.45, 7) is 4.72. The summed E-state index contributed by atoms with van der Waals surface area (Å²) in [5.74, 6) is 1.09. The van der Waals surface area contributed by atoms with Gasteiger partial charge in [0.1, 0.15) is 0 Å². The van der Waals surface area contributed by atoms with Gasteiger partial charge in [-0.2, -0.15) is 0 Å². The molecule has 2 aliphatic carbocycles. The van der Waals surface area contributed by atoms with E-state index in [9.17, 15) is 0 Å². The molecule has 4 aliphatic rings. The molecule has 3 heterocycles. The lowest BCUT2D eigenvalue weighted by molar-refractivity contribution is 0.658. The topological polar surface area (TPSA) is 32.6 Å². The van der Waals surface area contributed by atoms with Crippen LogP contribution in [0.2, 0.25) is 0 Å². The third kappa shape index (κ3) is 5.19. The lowest BCUT2D eigenvalue weighted by atomic mass is 9.81. The summed E-state index contributed by atoms with van der Waals surface area (Å²) in [4.78, 5) is 7.92. The van der Waals surface area contributed by atoms with Crippen LogP contribution < -0.4 is 10.2 Å². The Balaban J connectivity index is 0.896. The Morgan fingerprint density at radius 3 is 2.17 bits per heavy atom. The number of nitrogens with zero attached hydrogens (tertiary/aromatic N) is 3. The average Bonchev–Trinajstić information content (AvgIpc) is 3.89. The molecule has 282 valence electrons. The lowest BCUT2D eigenvalue weighted by Gasteiger charge is -2.29. The van der Waals surface area contributed by atoms with Crippen molar-refractivity contribution in [3.63, 3.8) is 0 Å². The molecular weight excluding hydrogens is 717 g/mol. The van der Waals surface area contributed by atoms with E-state index in [1.807, 2.05) is 0 Å². The van der Waals surface area contributed by atoms with E-state index in [0.717, 1.165) is 17.0 Å². The fraction of sp³-hybridized carbons (Fsp3) is 0.109. The normalized spacial score (nSPS) is 19.5. The fourth-order valence-electron chi connectivity index (χ4n) is 10.3. The van der Waals surface area contributed by atoms with Crippen LogP contribution in [0.3, 0.4) is 0 Å². The summed E-state index contributed by atoms with van der Waals surface area (Å²) in [6, 6.07) is 60.1. The van der Waals surface area contributed by atoms with Crippen LogP contribution in [-0.2, 0) is 5.41 Å². The SMILES string of the molecule is CC1(C)c2cc(-c3ccccc3)ccc2-c2ccc(C3C=CNC(n4c5ccccc5c5cc(C6=CC7c8ccccc8N(c8ccccc8)C7C=C6)ccc54)=N3)cc21. The summed E-state index contributed by atoms with van der Waals surface area (Å²) in [5.41, 5.74) is 17.6. The van der Waals surface area contributed by atoms with Gasteiger partial charge in [0.25, 0.3) is 0 Å². The van der Waals surface area contributed by atoms with Crippen LogP contribution in [0.5, 0.6) is 0 Å². The molecule has 4 heteroatoms. The molecule has 0 spiro atoms. The van der Waals surface area contributed by atoms with Gasteiger partial charge in [-0.3, -0.25) is 4.57 Å². The summed E-state index contributed by atoms with van der Waals surface area (Å²) < 4.78 is 2.30. The predicted octanol–water partition coefficient (Wildman–Crippen LogP) is 13.1. The van der Waals surface area contributed by atoms with Gasteiger partial charge < -0.3 is 10.2 Å².